The minimum atomic E-state index is -0.0869. The van der Waals surface area contributed by atoms with Crippen LogP contribution in [0.3, 0.4) is 0 Å². The fourth-order valence-electron chi connectivity index (χ4n) is 1.81. The van der Waals surface area contributed by atoms with Crippen molar-refractivity contribution in [2.24, 2.45) is 0 Å². The number of halogens is 1. The van der Waals surface area contributed by atoms with Crippen LogP contribution in [-0.2, 0) is 13.2 Å². The zero-order chi connectivity index (χ0) is 15.2. The second-order valence-corrected chi connectivity index (χ2v) is 5.03. The molecule has 21 heavy (non-hydrogen) atoms. The SMILES string of the molecule is COc1cc(CO)cc(Br)c1OCc1cccnc1C#N. The molecule has 0 amide bonds. The third-order valence-corrected chi connectivity index (χ3v) is 3.43. The van der Waals surface area contributed by atoms with Crippen molar-refractivity contribution < 1.29 is 14.6 Å². The summed E-state index contributed by atoms with van der Waals surface area (Å²) in [7, 11) is 1.53. The lowest BCUT2D eigenvalue weighted by atomic mass is 10.2. The first-order chi connectivity index (χ1) is 10.2. The van der Waals surface area contributed by atoms with Crippen molar-refractivity contribution in [1.29, 1.82) is 5.26 Å². The van der Waals surface area contributed by atoms with E-state index in [9.17, 15) is 5.11 Å². The van der Waals surface area contributed by atoms with Crippen molar-refractivity contribution in [3.63, 3.8) is 0 Å². The molecule has 2 rings (SSSR count). The molecule has 5 nitrogen and oxygen atoms in total. The number of hydrogen-bond acceptors (Lipinski definition) is 5. The summed E-state index contributed by atoms with van der Waals surface area (Å²) < 4.78 is 11.7. The van der Waals surface area contributed by atoms with Crippen molar-refractivity contribution in [2.45, 2.75) is 13.2 Å². The van der Waals surface area contributed by atoms with Gasteiger partial charge in [-0.25, -0.2) is 4.98 Å². The van der Waals surface area contributed by atoms with E-state index in [4.69, 9.17) is 14.7 Å². The van der Waals surface area contributed by atoms with Gasteiger partial charge in [-0.1, -0.05) is 6.07 Å². The molecule has 0 saturated carbocycles. The molecule has 0 unspecified atom stereocenters. The van der Waals surface area contributed by atoms with Gasteiger partial charge in [0.25, 0.3) is 0 Å². The maximum atomic E-state index is 9.19. The van der Waals surface area contributed by atoms with Crippen LogP contribution < -0.4 is 9.47 Å². The van der Waals surface area contributed by atoms with Gasteiger partial charge in [0, 0.05) is 11.8 Å². The molecular weight excluding hydrogens is 336 g/mol. The molecule has 0 aliphatic heterocycles. The predicted octanol–water partition coefficient (Wildman–Crippen LogP) is 2.80. The van der Waals surface area contributed by atoms with Crippen LogP contribution in [0.4, 0.5) is 0 Å². The molecule has 1 heterocycles. The average molecular weight is 349 g/mol. The number of ether oxygens (including phenoxy) is 2. The highest BCUT2D eigenvalue weighted by molar-refractivity contribution is 9.10. The Balaban J connectivity index is 2.26. The number of aromatic nitrogens is 1. The van der Waals surface area contributed by atoms with Crippen LogP contribution in [0, 0.1) is 11.3 Å². The van der Waals surface area contributed by atoms with Gasteiger partial charge in [0.05, 0.1) is 18.2 Å². The molecule has 6 heteroatoms. The van der Waals surface area contributed by atoms with Crippen molar-refractivity contribution in [2.75, 3.05) is 7.11 Å². The lowest BCUT2D eigenvalue weighted by Gasteiger charge is -2.14. The lowest BCUT2D eigenvalue weighted by Crippen LogP contribution is -2.02. The van der Waals surface area contributed by atoms with Gasteiger partial charge >= 0.3 is 0 Å². The smallest absolute Gasteiger partial charge is 0.175 e. The molecular formula is C15H13BrN2O3. The molecule has 1 aromatic carbocycles. The van der Waals surface area contributed by atoms with Gasteiger partial charge in [-0.2, -0.15) is 5.26 Å². The van der Waals surface area contributed by atoms with E-state index in [1.54, 1.807) is 30.5 Å². The first-order valence-electron chi connectivity index (χ1n) is 6.13. The fourth-order valence-corrected chi connectivity index (χ4v) is 2.41. The minimum absolute atomic E-state index is 0.0869. The molecule has 108 valence electrons. The Morgan fingerprint density at radius 3 is 2.90 bits per heavy atom. The predicted molar refractivity (Wildman–Crippen MR) is 79.9 cm³/mol. The highest BCUT2D eigenvalue weighted by Gasteiger charge is 2.13. The number of aliphatic hydroxyl groups is 1. The van der Waals surface area contributed by atoms with E-state index in [0.29, 0.717) is 32.8 Å². The van der Waals surface area contributed by atoms with Crippen LogP contribution in [0.25, 0.3) is 0 Å². The van der Waals surface area contributed by atoms with E-state index in [-0.39, 0.29) is 13.2 Å². The van der Waals surface area contributed by atoms with Gasteiger partial charge in [-0.3, -0.25) is 0 Å². The lowest BCUT2D eigenvalue weighted by molar-refractivity contribution is 0.272. The first-order valence-corrected chi connectivity index (χ1v) is 6.93. The second-order valence-electron chi connectivity index (χ2n) is 4.18. The molecule has 2 aromatic rings. The first kappa shape index (κ1) is 15.3. The molecule has 0 atom stereocenters. The zero-order valence-electron chi connectivity index (χ0n) is 11.3. The normalized spacial score (nSPS) is 10.0. The maximum Gasteiger partial charge on any atom is 0.175 e. The van der Waals surface area contributed by atoms with Gasteiger partial charge in [0.2, 0.25) is 0 Å². The third kappa shape index (κ3) is 3.51. The highest BCUT2D eigenvalue weighted by atomic mass is 79.9. The summed E-state index contributed by atoms with van der Waals surface area (Å²) in [4.78, 5) is 3.98. The van der Waals surface area contributed by atoms with Crippen LogP contribution >= 0.6 is 15.9 Å². The van der Waals surface area contributed by atoms with Crippen molar-refractivity contribution in [1.82, 2.24) is 4.98 Å². The second kappa shape index (κ2) is 7.07. The standard InChI is InChI=1S/C15H13BrN2O3/c1-20-14-6-10(8-19)5-12(16)15(14)21-9-11-3-2-4-18-13(11)7-17/h2-6,19H,8-9H2,1H3. The number of pyridine rings is 1. The van der Waals surface area contributed by atoms with E-state index in [2.05, 4.69) is 20.9 Å². The van der Waals surface area contributed by atoms with Crippen LogP contribution in [0.5, 0.6) is 11.5 Å². The Morgan fingerprint density at radius 1 is 1.43 bits per heavy atom. The van der Waals surface area contributed by atoms with E-state index in [1.165, 1.54) is 7.11 Å². The number of hydrogen-bond donors (Lipinski definition) is 1. The molecule has 0 spiro atoms. The van der Waals surface area contributed by atoms with Gasteiger partial charge < -0.3 is 14.6 Å². The number of methoxy groups -OCH3 is 1. The van der Waals surface area contributed by atoms with Crippen LogP contribution in [0.15, 0.2) is 34.9 Å². The van der Waals surface area contributed by atoms with Gasteiger partial charge in [-0.05, 0) is 39.7 Å². The molecule has 0 bridgehead atoms. The van der Waals surface area contributed by atoms with Gasteiger partial charge in [0.15, 0.2) is 11.5 Å². The number of rotatable bonds is 5. The zero-order valence-corrected chi connectivity index (χ0v) is 12.9. The van der Waals surface area contributed by atoms with E-state index in [0.717, 1.165) is 0 Å². The van der Waals surface area contributed by atoms with Crippen LogP contribution in [-0.4, -0.2) is 17.2 Å². The average Bonchev–Trinajstić information content (AvgIpc) is 2.53. The Hall–Kier alpha value is -2.10. The van der Waals surface area contributed by atoms with E-state index in [1.807, 2.05) is 6.07 Å². The summed E-state index contributed by atoms with van der Waals surface area (Å²) >= 11 is 3.39. The highest BCUT2D eigenvalue weighted by Crippen LogP contribution is 2.37. The molecule has 0 radical (unpaired) electrons. The molecule has 0 saturated heterocycles. The molecule has 1 N–H and O–H groups in total. The Morgan fingerprint density at radius 2 is 2.24 bits per heavy atom. The number of aliphatic hydroxyl groups excluding tert-OH is 1. The summed E-state index contributed by atoms with van der Waals surface area (Å²) in [6, 6.07) is 9.02. The molecule has 0 fully saturated rings. The molecule has 1 aromatic heterocycles. The summed E-state index contributed by atoms with van der Waals surface area (Å²) in [5.41, 5.74) is 1.74. The summed E-state index contributed by atoms with van der Waals surface area (Å²) in [5.74, 6) is 1.03. The van der Waals surface area contributed by atoms with Crippen LogP contribution in [0.2, 0.25) is 0 Å². The van der Waals surface area contributed by atoms with E-state index < -0.39 is 0 Å². The largest absolute Gasteiger partial charge is 0.493 e. The van der Waals surface area contributed by atoms with Gasteiger partial charge in [0.1, 0.15) is 18.4 Å². The number of nitrogens with zero attached hydrogens (tertiary/aromatic N) is 2. The Bertz CT molecular complexity index is 683. The van der Waals surface area contributed by atoms with Gasteiger partial charge in [-0.15, -0.1) is 0 Å². The monoisotopic (exact) mass is 348 g/mol. The quantitative estimate of drug-likeness (QED) is 0.898. The Kier molecular flexibility index (Phi) is 5.14. The number of nitriles is 1. The molecule has 0 aliphatic carbocycles. The topological polar surface area (TPSA) is 75.4 Å². The Labute approximate surface area is 130 Å². The van der Waals surface area contributed by atoms with Crippen molar-refractivity contribution in [3.8, 4) is 17.6 Å². The maximum absolute atomic E-state index is 9.19. The third-order valence-electron chi connectivity index (χ3n) is 2.84. The van der Waals surface area contributed by atoms with Crippen LogP contribution in [0.1, 0.15) is 16.8 Å². The number of benzene rings is 1. The summed E-state index contributed by atoms with van der Waals surface area (Å²) in [6.07, 6.45) is 1.56. The molecule has 0 aliphatic rings. The minimum Gasteiger partial charge on any atom is -0.493 e. The fraction of sp³-hybridized carbons (Fsp3) is 0.200. The van der Waals surface area contributed by atoms with E-state index >= 15 is 0 Å². The summed E-state index contributed by atoms with van der Waals surface area (Å²) in [5, 5.41) is 18.2. The van der Waals surface area contributed by atoms with Crippen molar-refractivity contribution in [3.05, 3.63) is 51.8 Å². The van der Waals surface area contributed by atoms with Crippen molar-refractivity contribution >= 4 is 15.9 Å². The summed E-state index contributed by atoms with van der Waals surface area (Å²) in [6.45, 7) is 0.112.